The fourth-order valence-corrected chi connectivity index (χ4v) is 5.50. The van der Waals surface area contributed by atoms with Crippen molar-refractivity contribution in [2.24, 2.45) is 5.92 Å². The summed E-state index contributed by atoms with van der Waals surface area (Å²) in [6, 6.07) is 6.18. The highest BCUT2D eigenvalue weighted by atomic mass is 35.5. The predicted octanol–water partition coefficient (Wildman–Crippen LogP) is 2.98. The van der Waals surface area contributed by atoms with Gasteiger partial charge in [0.25, 0.3) is 0 Å². The van der Waals surface area contributed by atoms with Gasteiger partial charge in [-0.15, -0.1) is 12.4 Å². The molecule has 4 aliphatic rings. The van der Waals surface area contributed by atoms with E-state index in [-0.39, 0.29) is 29.5 Å². The van der Waals surface area contributed by atoms with Crippen LogP contribution in [-0.2, 0) is 10.2 Å². The third-order valence-corrected chi connectivity index (χ3v) is 6.48. The van der Waals surface area contributed by atoms with Crippen molar-refractivity contribution in [3.63, 3.8) is 0 Å². The van der Waals surface area contributed by atoms with Crippen molar-refractivity contribution in [2.45, 2.75) is 31.2 Å². The fraction of sp³-hybridized carbons (Fsp3) is 0.421. The van der Waals surface area contributed by atoms with Gasteiger partial charge in [0.2, 0.25) is 0 Å². The van der Waals surface area contributed by atoms with E-state index in [0.29, 0.717) is 6.04 Å². The molecule has 4 nitrogen and oxygen atoms in total. The van der Waals surface area contributed by atoms with E-state index in [1.165, 1.54) is 11.1 Å². The van der Waals surface area contributed by atoms with Gasteiger partial charge in [0.05, 0.1) is 11.1 Å². The van der Waals surface area contributed by atoms with Crippen molar-refractivity contribution >= 4 is 24.4 Å². The maximum atomic E-state index is 12.0. The number of aldehydes is 1. The molecule has 5 heteroatoms. The number of hydrogen-bond donors (Lipinski definition) is 2. The molecular weight excluding hydrogens is 324 g/mol. The molecular formula is C19H21ClN2O2. The van der Waals surface area contributed by atoms with Gasteiger partial charge in [-0.05, 0) is 31.4 Å². The van der Waals surface area contributed by atoms with Gasteiger partial charge >= 0.3 is 0 Å². The lowest BCUT2D eigenvalue weighted by Gasteiger charge is -2.48. The van der Waals surface area contributed by atoms with Gasteiger partial charge in [-0.1, -0.05) is 23.8 Å². The lowest BCUT2D eigenvalue weighted by Crippen LogP contribution is -2.52. The van der Waals surface area contributed by atoms with Crippen molar-refractivity contribution < 1.29 is 9.90 Å². The molecule has 2 fully saturated rings. The van der Waals surface area contributed by atoms with Gasteiger partial charge < -0.3 is 10.4 Å². The number of phenolic OH excluding ortho intramolecular Hbond substituents is 1. The smallest absolute Gasteiger partial charge is 0.148 e. The number of carbonyl (C=O) groups excluding carboxylic acids is 1. The highest BCUT2D eigenvalue weighted by molar-refractivity contribution is 5.86. The SMILES string of the molecule is C/C=C1/CN2CC[C@]34C(=C(C=O)C1CC23)Nc1c(O)cccc14.Cl. The topological polar surface area (TPSA) is 52.6 Å². The second kappa shape index (κ2) is 5.11. The first-order chi connectivity index (χ1) is 11.2. The highest BCUT2D eigenvalue weighted by Crippen LogP contribution is 2.61. The summed E-state index contributed by atoms with van der Waals surface area (Å²) in [5, 5.41) is 13.7. The third-order valence-electron chi connectivity index (χ3n) is 6.48. The zero-order valence-electron chi connectivity index (χ0n) is 13.6. The summed E-state index contributed by atoms with van der Waals surface area (Å²) < 4.78 is 0. The van der Waals surface area contributed by atoms with Crippen LogP contribution in [0.25, 0.3) is 0 Å². The van der Waals surface area contributed by atoms with Crippen LogP contribution in [0.5, 0.6) is 5.75 Å². The number of aromatic hydroxyl groups is 1. The summed E-state index contributed by atoms with van der Waals surface area (Å²) in [6.45, 7) is 4.08. The van der Waals surface area contributed by atoms with Gasteiger partial charge in [0, 0.05) is 36.3 Å². The first-order valence-electron chi connectivity index (χ1n) is 8.39. The predicted molar refractivity (Wildman–Crippen MR) is 95.6 cm³/mol. The Morgan fingerprint density at radius 2 is 2.25 bits per heavy atom. The molecule has 2 unspecified atom stereocenters. The van der Waals surface area contributed by atoms with Crippen LogP contribution >= 0.6 is 12.4 Å². The number of piperidine rings is 1. The molecule has 0 amide bonds. The Bertz CT molecular complexity index is 801. The molecule has 3 atom stereocenters. The lowest BCUT2D eigenvalue weighted by molar-refractivity contribution is -0.105. The summed E-state index contributed by atoms with van der Waals surface area (Å²) in [4.78, 5) is 14.5. The Hall–Kier alpha value is -1.78. The van der Waals surface area contributed by atoms with E-state index in [1.807, 2.05) is 6.07 Å². The number of allylic oxidation sites excluding steroid dienone is 2. The average molecular weight is 345 g/mol. The molecule has 1 spiro atoms. The van der Waals surface area contributed by atoms with Crippen LogP contribution in [0.2, 0.25) is 0 Å². The van der Waals surface area contributed by atoms with E-state index in [1.54, 1.807) is 6.07 Å². The van der Waals surface area contributed by atoms with Gasteiger partial charge in [-0.3, -0.25) is 9.69 Å². The van der Waals surface area contributed by atoms with E-state index in [2.05, 4.69) is 29.3 Å². The minimum atomic E-state index is -0.139. The molecule has 3 heterocycles. The van der Waals surface area contributed by atoms with Crippen molar-refractivity contribution in [1.82, 2.24) is 4.90 Å². The Kier molecular flexibility index (Phi) is 3.35. The van der Waals surface area contributed by atoms with Crippen molar-refractivity contribution in [1.29, 1.82) is 0 Å². The van der Waals surface area contributed by atoms with E-state index in [4.69, 9.17) is 0 Å². The molecule has 1 aromatic rings. The quantitative estimate of drug-likeness (QED) is 0.467. The maximum Gasteiger partial charge on any atom is 0.148 e. The molecule has 2 N–H and O–H groups in total. The zero-order chi connectivity index (χ0) is 15.8. The number of para-hydroxylation sites is 1. The number of nitrogens with zero attached hydrogens (tertiary/aromatic N) is 1. The van der Waals surface area contributed by atoms with Crippen LogP contribution in [0, 0.1) is 5.92 Å². The number of hydrogen-bond acceptors (Lipinski definition) is 4. The average Bonchev–Trinajstić information content (AvgIpc) is 3.12. The van der Waals surface area contributed by atoms with Crippen molar-refractivity contribution in [2.75, 3.05) is 18.4 Å². The molecule has 0 radical (unpaired) electrons. The number of rotatable bonds is 1. The summed E-state index contributed by atoms with van der Waals surface area (Å²) in [6.07, 6.45) is 5.24. The normalized spacial score (nSPS) is 34.5. The number of anilines is 1. The first kappa shape index (κ1) is 15.7. The second-order valence-corrected chi connectivity index (χ2v) is 7.13. The standard InChI is InChI=1S/C19H20N2O2.ClH/c1-2-11-9-21-7-6-19-14-4-3-5-15(23)17(14)20-18(19)13(10-22)12(11)8-16(19)21;/h2-5,10,12,16,20,23H,6-9H2,1H3;1H/b11-2-;/t12?,16?,19-;/m1./s1. The molecule has 1 aromatic carbocycles. The molecule has 24 heavy (non-hydrogen) atoms. The lowest BCUT2D eigenvalue weighted by atomic mass is 9.62. The Morgan fingerprint density at radius 3 is 3.00 bits per heavy atom. The van der Waals surface area contributed by atoms with Crippen LogP contribution in [0.15, 0.2) is 41.1 Å². The molecule has 0 saturated carbocycles. The van der Waals surface area contributed by atoms with Gasteiger partial charge in [0.1, 0.15) is 12.0 Å². The molecule has 2 bridgehead atoms. The number of nitrogens with one attached hydrogen (secondary N) is 1. The Morgan fingerprint density at radius 1 is 1.42 bits per heavy atom. The first-order valence-corrected chi connectivity index (χ1v) is 8.39. The van der Waals surface area contributed by atoms with Crippen LogP contribution in [0.3, 0.4) is 0 Å². The molecule has 0 aromatic heterocycles. The monoisotopic (exact) mass is 344 g/mol. The van der Waals surface area contributed by atoms with Gasteiger partial charge in [0.15, 0.2) is 0 Å². The number of phenols is 1. The van der Waals surface area contributed by atoms with Crippen LogP contribution in [-0.4, -0.2) is 35.4 Å². The maximum absolute atomic E-state index is 12.0. The highest BCUT2D eigenvalue weighted by Gasteiger charge is 2.61. The van der Waals surface area contributed by atoms with E-state index in [0.717, 1.165) is 49.2 Å². The minimum Gasteiger partial charge on any atom is -0.506 e. The third kappa shape index (κ3) is 1.60. The van der Waals surface area contributed by atoms with E-state index in [9.17, 15) is 9.90 Å². The molecule has 2 saturated heterocycles. The Labute approximate surface area is 147 Å². The summed E-state index contributed by atoms with van der Waals surface area (Å²) in [5.74, 6) is 0.507. The number of halogens is 1. The molecule has 1 aliphatic carbocycles. The number of fused-ring (bicyclic) bond motifs is 2. The van der Waals surface area contributed by atoms with Crippen LogP contribution < -0.4 is 5.32 Å². The molecule has 3 aliphatic heterocycles. The van der Waals surface area contributed by atoms with Crippen LogP contribution in [0.4, 0.5) is 5.69 Å². The minimum absolute atomic E-state index is 0. The fourth-order valence-electron chi connectivity index (χ4n) is 5.50. The van der Waals surface area contributed by atoms with E-state index >= 15 is 0 Å². The number of carbonyl (C=O) groups is 1. The second-order valence-electron chi connectivity index (χ2n) is 7.13. The number of benzene rings is 1. The van der Waals surface area contributed by atoms with Gasteiger partial charge in [-0.25, -0.2) is 0 Å². The van der Waals surface area contributed by atoms with E-state index < -0.39 is 0 Å². The largest absolute Gasteiger partial charge is 0.506 e. The van der Waals surface area contributed by atoms with Crippen LogP contribution in [0.1, 0.15) is 25.3 Å². The van der Waals surface area contributed by atoms with Crippen molar-refractivity contribution in [3.8, 4) is 5.75 Å². The summed E-state index contributed by atoms with van der Waals surface area (Å²) in [7, 11) is 0. The summed E-state index contributed by atoms with van der Waals surface area (Å²) >= 11 is 0. The molecule has 5 rings (SSSR count). The molecule has 126 valence electrons. The van der Waals surface area contributed by atoms with Crippen molar-refractivity contribution in [3.05, 3.63) is 46.7 Å². The Balaban J connectivity index is 0.00000146. The zero-order valence-corrected chi connectivity index (χ0v) is 14.4. The van der Waals surface area contributed by atoms with Gasteiger partial charge in [-0.2, -0.15) is 0 Å². The summed E-state index contributed by atoms with van der Waals surface area (Å²) in [5.41, 5.74) is 5.13.